The minimum Gasteiger partial charge on any atom is -0.391 e. The van der Waals surface area contributed by atoms with Gasteiger partial charge in [-0.2, -0.15) is 0 Å². The van der Waals surface area contributed by atoms with Gasteiger partial charge in [0.1, 0.15) is 5.56 Å². The molecule has 19 heavy (non-hydrogen) atoms. The van der Waals surface area contributed by atoms with E-state index in [1.54, 1.807) is 0 Å². The molecule has 8 heteroatoms. The fraction of sp³-hybridized carbons (Fsp3) is 0.364. The van der Waals surface area contributed by atoms with Crippen molar-refractivity contribution in [2.24, 2.45) is 0 Å². The maximum absolute atomic E-state index is 13.4. The Labute approximate surface area is 104 Å². The van der Waals surface area contributed by atoms with Crippen LogP contribution in [-0.2, 0) is 0 Å². The largest absolute Gasteiger partial charge is 0.391 e. The number of carbonyl (C=O) groups excluding carboxylic acids is 1. The predicted molar refractivity (Wildman–Crippen MR) is 52.8 cm³/mol. The Kier molecular flexibility index (Phi) is 3.44. The number of nitrogens with zero attached hydrogens (tertiary/aromatic N) is 1. The molecular formula is C11H8F5NO2. The van der Waals surface area contributed by atoms with Crippen molar-refractivity contribution in [1.82, 2.24) is 4.90 Å². The summed E-state index contributed by atoms with van der Waals surface area (Å²) in [6.45, 7) is -0.224. The lowest BCUT2D eigenvalue weighted by Gasteiger charge is -2.16. The van der Waals surface area contributed by atoms with Crippen molar-refractivity contribution in [3.63, 3.8) is 0 Å². The zero-order chi connectivity index (χ0) is 14.3. The van der Waals surface area contributed by atoms with Crippen LogP contribution in [0.3, 0.4) is 0 Å². The molecular weight excluding hydrogens is 273 g/mol. The van der Waals surface area contributed by atoms with Crippen LogP contribution in [0.5, 0.6) is 0 Å². The van der Waals surface area contributed by atoms with Crippen molar-refractivity contribution in [2.75, 3.05) is 13.1 Å². The number of benzene rings is 1. The normalized spacial score (nSPS) is 19.1. The summed E-state index contributed by atoms with van der Waals surface area (Å²) in [6.07, 6.45) is -0.688. The molecule has 104 valence electrons. The molecule has 0 bridgehead atoms. The molecule has 1 aromatic rings. The third-order valence-corrected chi connectivity index (χ3v) is 2.87. The van der Waals surface area contributed by atoms with Gasteiger partial charge in [-0.25, -0.2) is 22.0 Å². The van der Waals surface area contributed by atoms with Crippen LogP contribution < -0.4 is 0 Å². The van der Waals surface area contributed by atoms with Gasteiger partial charge >= 0.3 is 0 Å². The first-order valence-corrected chi connectivity index (χ1v) is 5.33. The van der Waals surface area contributed by atoms with E-state index in [1.807, 2.05) is 0 Å². The number of halogens is 5. The summed E-state index contributed by atoms with van der Waals surface area (Å²) >= 11 is 0. The third kappa shape index (κ3) is 2.16. The second-order valence-electron chi connectivity index (χ2n) is 4.14. The number of hydrogen-bond acceptors (Lipinski definition) is 2. The van der Waals surface area contributed by atoms with Gasteiger partial charge in [0.2, 0.25) is 5.82 Å². The highest BCUT2D eigenvalue weighted by Gasteiger charge is 2.34. The molecule has 1 saturated heterocycles. The molecule has 0 unspecified atom stereocenters. The topological polar surface area (TPSA) is 40.5 Å². The predicted octanol–water partition coefficient (Wildman–Crippen LogP) is 1.59. The van der Waals surface area contributed by atoms with Crippen molar-refractivity contribution in [1.29, 1.82) is 0 Å². The first-order chi connectivity index (χ1) is 8.84. The highest BCUT2D eigenvalue weighted by Crippen LogP contribution is 2.25. The smallest absolute Gasteiger partial charge is 0.260 e. The molecule has 1 aliphatic rings. The highest BCUT2D eigenvalue weighted by molar-refractivity contribution is 5.95. The highest BCUT2D eigenvalue weighted by atomic mass is 19.2. The molecule has 1 aliphatic heterocycles. The molecule has 1 heterocycles. The quantitative estimate of drug-likeness (QED) is 0.482. The van der Waals surface area contributed by atoms with E-state index in [9.17, 15) is 31.9 Å². The second kappa shape index (κ2) is 4.76. The van der Waals surface area contributed by atoms with Gasteiger partial charge in [-0.05, 0) is 6.42 Å². The standard InChI is InChI=1S/C11H8F5NO2/c12-6-5(7(13)9(15)10(16)8(6)14)11(19)17-2-1-4(18)3-17/h4,18H,1-3H2/t4-/m1/s1. The Balaban J connectivity index is 2.48. The second-order valence-corrected chi connectivity index (χ2v) is 4.14. The number of rotatable bonds is 1. The summed E-state index contributed by atoms with van der Waals surface area (Å²) in [5, 5.41) is 9.20. The van der Waals surface area contributed by atoms with Gasteiger partial charge in [-0.15, -0.1) is 0 Å². The Morgan fingerprint density at radius 2 is 1.47 bits per heavy atom. The minimum atomic E-state index is -2.31. The van der Waals surface area contributed by atoms with Gasteiger partial charge in [0.15, 0.2) is 23.3 Å². The Bertz CT molecular complexity index is 519. The Morgan fingerprint density at radius 1 is 1.00 bits per heavy atom. The fourth-order valence-corrected chi connectivity index (χ4v) is 1.88. The molecule has 0 radical (unpaired) electrons. The molecule has 3 nitrogen and oxygen atoms in total. The number of likely N-dealkylation sites (tertiary alicyclic amines) is 1. The first kappa shape index (κ1) is 13.7. The molecule has 0 aromatic heterocycles. The average molecular weight is 281 g/mol. The number of hydrogen-bond donors (Lipinski definition) is 1. The molecule has 1 amide bonds. The van der Waals surface area contributed by atoms with E-state index in [2.05, 4.69) is 0 Å². The van der Waals surface area contributed by atoms with Crippen molar-refractivity contribution >= 4 is 5.91 Å². The van der Waals surface area contributed by atoms with E-state index in [-0.39, 0.29) is 19.5 Å². The number of carbonyl (C=O) groups is 1. The molecule has 1 atom stereocenters. The summed E-state index contributed by atoms with van der Waals surface area (Å²) in [7, 11) is 0. The summed E-state index contributed by atoms with van der Waals surface area (Å²) < 4.78 is 65.4. The van der Waals surface area contributed by atoms with Gasteiger partial charge in [0, 0.05) is 13.1 Å². The summed E-state index contributed by atoms with van der Waals surface area (Å²) in [6, 6.07) is 0. The van der Waals surface area contributed by atoms with Crippen molar-refractivity contribution in [2.45, 2.75) is 12.5 Å². The Morgan fingerprint density at radius 3 is 1.89 bits per heavy atom. The summed E-state index contributed by atoms with van der Waals surface area (Å²) in [5.41, 5.74) is -1.49. The monoisotopic (exact) mass is 281 g/mol. The van der Waals surface area contributed by atoms with Gasteiger partial charge in [-0.1, -0.05) is 0 Å². The summed E-state index contributed by atoms with van der Waals surface area (Å²) in [4.78, 5) is 12.6. The maximum Gasteiger partial charge on any atom is 0.260 e. The first-order valence-electron chi connectivity index (χ1n) is 5.33. The molecule has 1 aromatic carbocycles. The van der Waals surface area contributed by atoms with Crippen LogP contribution in [0.15, 0.2) is 0 Å². The summed E-state index contributed by atoms with van der Waals surface area (Å²) in [5.74, 6) is -12.3. The van der Waals surface area contributed by atoms with Gasteiger partial charge in [-0.3, -0.25) is 4.79 Å². The van der Waals surface area contributed by atoms with Crippen molar-refractivity contribution in [3.8, 4) is 0 Å². The molecule has 1 N–H and O–H groups in total. The van der Waals surface area contributed by atoms with E-state index in [1.165, 1.54) is 0 Å². The minimum absolute atomic E-state index is 0.0144. The van der Waals surface area contributed by atoms with E-state index >= 15 is 0 Å². The van der Waals surface area contributed by atoms with E-state index in [0.717, 1.165) is 4.90 Å². The number of aliphatic hydroxyl groups excluding tert-OH is 1. The van der Waals surface area contributed by atoms with Crippen LogP contribution in [0, 0.1) is 29.1 Å². The maximum atomic E-state index is 13.4. The van der Waals surface area contributed by atoms with Crippen LogP contribution in [0.25, 0.3) is 0 Å². The third-order valence-electron chi connectivity index (χ3n) is 2.87. The molecule has 0 aliphatic carbocycles. The SMILES string of the molecule is O=C(c1c(F)c(F)c(F)c(F)c1F)N1CC[C@@H](O)C1. The van der Waals surface area contributed by atoms with Crippen molar-refractivity contribution in [3.05, 3.63) is 34.6 Å². The zero-order valence-corrected chi connectivity index (χ0v) is 9.39. The molecule has 1 fully saturated rings. The average Bonchev–Trinajstić information content (AvgIpc) is 2.81. The van der Waals surface area contributed by atoms with Crippen LogP contribution >= 0.6 is 0 Å². The lowest BCUT2D eigenvalue weighted by molar-refractivity contribution is 0.0752. The van der Waals surface area contributed by atoms with Gasteiger partial charge in [0.25, 0.3) is 5.91 Å². The lowest BCUT2D eigenvalue weighted by atomic mass is 10.1. The lowest BCUT2D eigenvalue weighted by Crippen LogP contribution is -2.32. The fourth-order valence-electron chi connectivity index (χ4n) is 1.88. The molecule has 0 spiro atoms. The van der Waals surface area contributed by atoms with Crippen LogP contribution in [0.1, 0.15) is 16.8 Å². The van der Waals surface area contributed by atoms with Crippen molar-refractivity contribution < 1.29 is 31.9 Å². The Hall–Kier alpha value is -1.70. The number of aliphatic hydroxyl groups is 1. The number of β-amino-alcohol motifs (C(OH)–C–C–N with tert-alkyl or cyclic N) is 1. The van der Waals surface area contributed by atoms with E-state index in [0.29, 0.717) is 0 Å². The van der Waals surface area contributed by atoms with E-state index in [4.69, 9.17) is 0 Å². The van der Waals surface area contributed by atoms with Crippen LogP contribution in [0.2, 0.25) is 0 Å². The number of amides is 1. The van der Waals surface area contributed by atoms with Crippen LogP contribution in [0.4, 0.5) is 22.0 Å². The molecule has 0 saturated carbocycles. The molecule has 2 rings (SSSR count). The van der Waals surface area contributed by atoms with Gasteiger partial charge in [0.05, 0.1) is 6.10 Å². The van der Waals surface area contributed by atoms with Crippen LogP contribution in [-0.4, -0.2) is 35.1 Å². The van der Waals surface area contributed by atoms with Gasteiger partial charge < -0.3 is 10.0 Å². The zero-order valence-electron chi connectivity index (χ0n) is 9.39. The van der Waals surface area contributed by atoms with E-state index < -0.39 is 46.7 Å².